The highest BCUT2D eigenvalue weighted by atomic mass is 79.9. The lowest BCUT2D eigenvalue weighted by Crippen LogP contribution is -2.32. The van der Waals surface area contributed by atoms with E-state index in [2.05, 4.69) is 31.8 Å². The van der Waals surface area contributed by atoms with E-state index in [4.69, 9.17) is 0 Å². The number of amides is 2. The minimum absolute atomic E-state index is 0.0104. The van der Waals surface area contributed by atoms with E-state index in [-0.39, 0.29) is 5.75 Å². The van der Waals surface area contributed by atoms with E-state index < -0.39 is 11.8 Å². The van der Waals surface area contributed by atoms with Crippen molar-refractivity contribution in [2.75, 3.05) is 5.32 Å². The molecule has 0 radical (unpaired) electrons. The molecule has 0 bridgehead atoms. The van der Waals surface area contributed by atoms with Crippen LogP contribution in [0.4, 0.5) is 5.69 Å². The number of halogens is 1. The van der Waals surface area contributed by atoms with E-state index >= 15 is 0 Å². The number of hydrogen-bond acceptors (Lipinski definition) is 4. The first-order chi connectivity index (χ1) is 11.4. The van der Waals surface area contributed by atoms with E-state index in [1.54, 1.807) is 12.1 Å². The van der Waals surface area contributed by atoms with Crippen LogP contribution in [-0.4, -0.2) is 23.1 Å². The third kappa shape index (κ3) is 4.42. The molecule has 2 rings (SSSR count). The molecule has 0 atom stereocenters. The fourth-order valence-electron chi connectivity index (χ4n) is 2.02. The van der Waals surface area contributed by atoms with Crippen molar-refractivity contribution in [1.29, 1.82) is 0 Å². The summed E-state index contributed by atoms with van der Waals surface area (Å²) >= 11 is 3.27. The number of anilines is 1. The monoisotopic (exact) mass is 389 g/mol. The van der Waals surface area contributed by atoms with Gasteiger partial charge in [0.05, 0.1) is 6.21 Å². The topological polar surface area (TPSA) is 90.8 Å². The van der Waals surface area contributed by atoms with Gasteiger partial charge in [0.15, 0.2) is 0 Å². The standard InChI is InChI=1S/C17H16BrN3O3/c1-10-4-3-5-11(2)15(10)20-16(23)17(24)21-19-9-12-8-13(18)6-7-14(12)22/h3-9,22H,1-2H3,(H,20,23)(H,21,24). The van der Waals surface area contributed by atoms with Gasteiger partial charge < -0.3 is 10.4 Å². The molecule has 0 aliphatic carbocycles. The summed E-state index contributed by atoms with van der Waals surface area (Å²) in [5.74, 6) is -1.71. The summed E-state index contributed by atoms with van der Waals surface area (Å²) in [6.07, 6.45) is 1.25. The molecule has 0 unspecified atom stereocenters. The molecule has 2 aromatic carbocycles. The first-order valence-corrected chi connectivity index (χ1v) is 7.87. The van der Waals surface area contributed by atoms with Gasteiger partial charge in [0, 0.05) is 15.7 Å². The molecule has 0 aromatic heterocycles. The van der Waals surface area contributed by atoms with Gasteiger partial charge in [-0.3, -0.25) is 9.59 Å². The Morgan fingerprint density at radius 1 is 1.12 bits per heavy atom. The Morgan fingerprint density at radius 2 is 1.79 bits per heavy atom. The summed E-state index contributed by atoms with van der Waals surface area (Å²) < 4.78 is 0.751. The van der Waals surface area contributed by atoms with Crippen LogP contribution in [0.15, 0.2) is 46.0 Å². The third-order valence-electron chi connectivity index (χ3n) is 3.29. The van der Waals surface area contributed by atoms with Crippen molar-refractivity contribution >= 4 is 39.6 Å². The fraction of sp³-hybridized carbons (Fsp3) is 0.118. The second-order valence-corrected chi connectivity index (χ2v) is 6.04. The minimum Gasteiger partial charge on any atom is -0.507 e. The number of carbonyl (C=O) groups excluding carboxylic acids is 2. The molecule has 124 valence electrons. The molecule has 0 aliphatic rings. The maximum absolute atomic E-state index is 11.9. The van der Waals surface area contributed by atoms with Crippen LogP contribution < -0.4 is 10.7 Å². The molecule has 0 fully saturated rings. The average molecular weight is 390 g/mol. The van der Waals surface area contributed by atoms with Gasteiger partial charge in [-0.05, 0) is 43.2 Å². The molecule has 7 heteroatoms. The molecular formula is C17H16BrN3O3. The van der Waals surface area contributed by atoms with Gasteiger partial charge >= 0.3 is 11.8 Å². The largest absolute Gasteiger partial charge is 0.507 e. The van der Waals surface area contributed by atoms with Gasteiger partial charge in [0.1, 0.15) is 5.75 Å². The summed E-state index contributed by atoms with van der Waals surface area (Å²) in [5, 5.41) is 15.9. The number of aromatic hydroxyl groups is 1. The number of hydrogen-bond donors (Lipinski definition) is 3. The summed E-state index contributed by atoms with van der Waals surface area (Å²) in [6.45, 7) is 3.68. The number of rotatable bonds is 3. The van der Waals surface area contributed by atoms with Crippen LogP contribution in [0.5, 0.6) is 5.75 Å². The maximum atomic E-state index is 11.9. The normalized spacial score (nSPS) is 10.6. The molecule has 24 heavy (non-hydrogen) atoms. The van der Waals surface area contributed by atoms with E-state index in [0.29, 0.717) is 11.3 Å². The number of para-hydroxylation sites is 1. The molecule has 3 N–H and O–H groups in total. The minimum atomic E-state index is -0.900. The van der Waals surface area contributed by atoms with Crippen LogP contribution in [0.25, 0.3) is 0 Å². The molecule has 2 amide bonds. The van der Waals surface area contributed by atoms with Gasteiger partial charge in [-0.15, -0.1) is 0 Å². The smallest absolute Gasteiger partial charge is 0.329 e. The van der Waals surface area contributed by atoms with Crippen molar-refractivity contribution in [3.63, 3.8) is 0 Å². The zero-order valence-electron chi connectivity index (χ0n) is 13.1. The Labute approximate surface area is 147 Å². The number of hydrazone groups is 1. The Balaban J connectivity index is 2.01. The summed E-state index contributed by atoms with van der Waals surface area (Å²) in [7, 11) is 0. The Morgan fingerprint density at radius 3 is 2.46 bits per heavy atom. The van der Waals surface area contributed by atoms with Gasteiger partial charge in [-0.25, -0.2) is 5.43 Å². The SMILES string of the molecule is Cc1cccc(C)c1NC(=O)C(=O)NN=Cc1cc(Br)ccc1O. The van der Waals surface area contributed by atoms with E-state index in [1.165, 1.54) is 12.3 Å². The highest BCUT2D eigenvalue weighted by Gasteiger charge is 2.15. The molecule has 0 saturated carbocycles. The zero-order valence-corrected chi connectivity index (χ0v) is 14.7. The predicted molar refractivity (Wildman–Crippen MR) is 96.1 cm³/mol. The van der Waals surface area contributed by atoms with Crippen LogP contribution in [0.3, 0.4) is 0 Å². The number of nitrogens with one attached hydrogen (secondary N) is 2. The van der Waals surface area contributed by atoms with Crippen molar-refractivity contribution in [2.45, 2.75) is 13.8 Å². The summed E-state index contributed by atoms with van der Waals surface area (Å²) in [4.78, 5) is 23.7. The van der Waals surface area contributed by atoms with Crippen molar-refractivity contribution < 1.29 is 14.7 Å². The van der Waals surface area contributed by atoms with Crippen molar-refractivity contribution in [3.05, 3.63) is 57.6 Å². The van der Waals surface area contributed by atoms with Crippen LogP contribution >= 0.6 is 15.9 Å². The average Bonchev–Trinajstić information content (AvgIpc) is 2.54. The van der Waals surface area contributed by atoms with Crippen molar-refractivity contribution in [3.8, 4) is 5.75 Å². The van der Waals surface area contributed by atoms with E-state index in [9.17, 15) is 14.7 Å². The fourth-order valence-corrected chi connectivity index (χ4v) is 2.40. The molecule has 2 aromatic rings. The van der Waals surface area contributed by atoms with Gasteiger partial charge in [-0.2, -0.15) is 5.10 Å². The lowest BCUT2D eigenvalue weighted by molar-refractivity contribution is -0.136. The second kappa shape index (κ2) is 7.74. The second-order valence-electron chi connectivity index (χ2n) is 5.12. The quantitative estimate of drug-likeness (QED) is 0.428. The lowest BCUT2D eigenvalue weighted by Gasteiger charge is -2.10. The predicted octanol–water partition coefficient (Wildman–Crippen LogP) is 2.86. The number of benzene rings is 2. The molecule has 0 heterocycles. The summed E-state index contributed by atoms with van der Waals surface area (Å²) in [5.41, 5.74) is 4.85. The number of carbonyl (C=O) groups is 2. The highest BCUT2D eigenvalue weighted by molar-refractivity contribution is 9.10. The Kier molecular flexibility index (Phi) is 5.70. The van der Waals surface area contributed by atoms with E-state index in [1.807, 2.05) is 32.0 Å². The first-order valence-electron chi connectivity index (χ1n) is 7.07. The lowest BCUT2D eigenvalue weighted by atomic mass is 10.1. The number of aryl methyl sites for hydroxylation is 2. The number of nitrogens with zero attached hydrogens (tertiary/aromatic N) is 1. The first kappa shape index (κ1) is 17.7. The zero-order chi connectivity index (χ0) is 17.7. The Bertz CT molecular complexity index is 798. The van der Waals surface area contributed by atoms with Crippen LogP contribution in [-0.2, 0) is 9.59 Å². The molecule has 0 saturated heterocycles. The third-order valence-corrected chi connectivity index (χ3v) is 3.78. The molecule has 0 spiro atoms. The summed E-state index contributed by atoms with van der Waals surface area (Å²) in [6, 6.07) is 10.3. The van der Waals surface area contributed by atoms with Crippen LogP contribution in [0.2, 0.25) is 0 Å². The van der Waals surface area contributed by atoms with Crippen LogP contribution in [0.1, 0.15) is 16.7 Å². The van der Waals surface area contributed by atoms with Gasteiger partial charge in [-0.1, -0.05) is 34.1 Å². The highest BCUT2D eigenvalue weighted by Crippen LogP contribution is 2.20. The molecular weight excluding hydrogens is 374 g/mol. The number of phenols is 1. The molecule has 0 aliphatic heterocycles. The number of phenolic OH excluding ortho intramolecular Hbond substituents is 1. The molecule has 6 nitrogen and oxygen atoms in total. The van der Waals surface area contributed by atoms with E-state index in [0.717, 1.165) is 15.6 Å². The van der Waals surface area contributed by atoms with Crippen molar-refractivity contribution in [1.82, 2.24) is 5.43 Å². The maximum Gasteiger partial charge on any atom is 0.329 e. The van der Waals surface area contributed by atoms with Crippen molar-refractivity contribution in [2.24, 2.45) is 5.10 Å². The Hall–Kier alpha value is -2.67. The van der Waals surface area contributed by atoms with Gasteiger partial charge in [0.25, 0.3) is 0 Å². The van der Waals surface area contributed by atoms with Crippen LogP contribution in [0, 0.1) is 13.8 Å². The van der Waals surface area contributed by atoms with Gasteiger partial charge in [0.2, 0.25) is 0 Å².